The van der Waals surface area contributed by atoms with Gasteiger partial charge in [0.25, 0.3) is 15.9 Å². The van der Waals surface area contributed by atoms with Crippen LogP contribution in [-0.4, -0.2) is 25.4 Å². The summed E-state index contributed by atoms with van der Waals surface area (Å²) in [5.41, 5.74) is 1.46. The summed E-state index contributed by atoms with van der Waals surface area (Å²) in [4.78, 5) is 16.8. The molecule has 1 heterocycles. The van der Waals surface area contributed by atoms with Crippen LogP contribution in [0.25, 0.3) is 0 Å². The largest absolute Gasteiger partial charge is 0.474 e. The summed E-state index contributed by atoms with van der Waals surface area (Å²) in [7, 11) is -3.86. The number of amides is 1. The Morgan fingerprint density at radius 2 is 1.73 bits per heavy atom. The molecule has 7 nitrogen and oxygen atoms in total. The molecule has 4 rings (SSSR count). The van der Waals surface area contributed by atoms with E-state index in [0.717, 1.165) is 43.4 Å². The minimum atomic E-state index is -3.86. The summed E-state index contributed by atoms with van der Waals surface area (Å²) < 4.78 is 46.3. The Hall–Kier alpha value is -3.46. The van der Waals surface area contributed by atoms with Gasteiger partial charge in [-0.25, -0.2) is 17.8 Å². The molecule has 1 aliphatic rings. The van der Waals surface area contributed by atoms with Crippen molar-refractivity contribution in [1.82, 2.24) is 10.3 Å². The van der Waals surface area contributed by atoms with E-state index in [-0.39, 0.29) is 29.1 Å². The summed E-state index contributed by atoms with van der Waals surface area (Å²) in [6.07, 6.45) is 6.17. The van der Waals surface area contributed by atoms with Crippen LogP contribution in [0.2, 0.25) is 0 Å². The number of anilines is 1. The highest BCUT2D eigenvalue weighted by molar-refractivity contribution is 7.92. The second-order valence-electron chi connectivity index (χ2n) is 7.81. The van der Waals surface area contributed by atoms with Crippen molar-refractivity contribution in [1.29, 1.82) is 0 Å². The molecular weight excluding hydrogens is 445 g/mol. The molecule has 0 bridgehead atoms. The van der Waals surface area contributed by atoms with Gasteiger partial charge in [-0.05, 0) is 80.3 Å². The average molecular weight is 470 g/mol. The monoisotopic (exact) mass is 469 g/mol. The third-order valence-corrected chi connectivity index (χ3v) is 6.79. The first kappa shape index (κ1) is 22.7. The summed E-state index contributed by atoms with van der Waals surface area (Å²) >= 11 is 0. The summed E-state index contributed by atoms with van der Waals surface area (Å²) in [5, 5.41) is 2.85. The van der Waals surface area contributed by atoms with E-state index >= 15 is 0 Å². The number of hydrogen-bond acceptors (Lipinski definition) is 5. The number of carbonyl (C=O) groups is 1. The number of rotatable bonds is 8. The maximum absolute atomic E-state index is 13.0. The molecule has 1 amide bonds. The maximum Gasteiger partial charge on any atom is 0.261 e. The Morgan fingerprint density at radius 1 is 1.03 bits per heavy atom. The smallest absolute Gasteiger partial charge is 0.261 e. The van der Waals surface area contributed by atoms with Crippen LogP contribution in [0.3, 0.4) is 0 Å². The number of ether oxygens (including phenoxy) is 1. The number of halogens is 1. The van der Waals surface area contributed by atoms with Crippen LogP contribution in [-0.2, 0) is 16.6 Å². The molecular formula is C24H24FN3O4S. The molecule has 1 fully saturated rings. The molecule has 0 saturated heterocycles. The zero-order valence-electron chi connectivity index (χ0n) is 17.8. The lowest BCUT2D eigenvalue weighted by molar-refractivity contribution is 0.0950. The lowest BCUT2D eigenvalue weighted by Crippen LogP contribution is -2.24. The van der Waals surface area contributed by atoms with E-state index in [1.165, 1.54) is 36.4 Å². The summed E-state index contributed by atoms with van der Waals surface area (Å²) in [6.45, 7) is 0.258. The van der Waals surface area contributed by atoms with Crippen molar-refractivity contribution in [3.05, 3.63) is 83.8 Å². The van der Waals surface area contributed by atoms with E-state index in [4.69, 9.17) is 4.74 Å². The van der Waals surface area contributed by atoms with E-state index in [2.05, 4.69) is 15.0 Å². The molecule has 1 aromatic heterocycles. The predicted molar refractivity (Wildman–Crippen MR) is 122 cm³/mol. The fraction of sp³-hybridized carbons (Fsp3) is 0.250. The highest BCUT2D eigenvalue weighted by Crippen LogP contribution is 2.25. The van der Waals surface area contributed by atoms with Crippen molar-refractivity contribution < 1.29 is 22.3 Å². The fourth-order valence-corrected chi connectivity index (χ4v) is 4.68. The molecule has 1 aliphatic carbocycles. The van der Waals surface area contributed by atoms with E-state index in [1.807, 2.05) is 6.07 Å². The van der Waals surface area contributed by atoms with E-state index in [0.29, 0.717) is 11.4 Å². The quantitative estimate of drug-likeness (QED) is 0.513. The van der Waals surface area contributed by atoms with E-state index < -0.39 is 15.8 Å². The van der Waals surface area contributed by atoms with Crippen molar-refractivity contribution in [3.63, 3.8) is 0 Å². The first-order chi connectivity index (χ1) is 15.9. The van der Waals surface area contributed by atoms with Gasteiger partial charge in [0.15, 0.2) is 0 Å². The molecule has 2 N–H and O–H groups in total. The zero-order chi connectivity index (χ0) is 23.3. The first-order valence-corrected chi connectivity index (χ1v) is 12.2. The number of sulfonamides is 1. The molecule has 172 valence electrons. The third-order valence-electron chi connectivity index (χ3n) is 5.39. The Balaban J connectivity index is 1.37. The van der Waals surface area contributed by atoms with Gasteiger partial charge in [-0.15, -0.1) is 0 Å². The maximum atomic E-state index is 13.0. The molecule has 0 atom stereocenters. The van der Waals surface area contributed by atoms with Crippen molar-refractivity contribution >= 4 is 21.6 Å². The molecule has 1 saturated carbocycles. The predicted octanol–water partition coefficient (Wildman–Crippen LogP) is 4.27. The number of nitrogens with zero attached hydrogens (tertiary/aromatic N) is 1. The van der Waals surface area contributed by atoms with E-state index in [9.17, 15) is 17.6 Å². The van der Waals surface area contributed by atoms with Crippen molar-refractivity contribution in [2.75, 3.05) is 4.72 Å². The number of benzene rings is 2. The van der Waals surface area contributed by atoms with Crippen LogP contribution in [0, 0.1) is 5.82 Å². The van der Waals surface area contributed by atoms with Gasteiger partial charge in [0.05, 0.1) is 4.90 Å². The van der Waals surface area contributed by atoms with Gasteiger partial charge in [0, 0.05) is 29.6 Å². The van der Waals surface area contributed by atoms with Gasteiger partial charge in [-0.1, -0.05) is 6.07 Å². The Kier molecular flexibility index (Phi) is 6.88. The van der Waals surface area contributed by atoms with Crippen LogP contribution in [0.1, 0.15) is 41.6 Å². The van der Waals surface area contributed by atoms with Gasteiger partial charge in [-0.3, -0.25) is 9.52 Å². The average Bonchev–Trinajstić information content (AvgIpc) is 3.32. The minimum absolute atomic E-state index is 0.0576. The minimum Gasteiger partial charge on any atom is -0.474 e. The van der Waals surface area contributed by atoms with Gasteiger partial charge in [0.2, 0.25) is 5.88 Å². The number of nitrogens with one attached hydrogen (secondary N) is 2. The van der Waals surface area contributed by atoms with Crippen molar-refractivity contribution in [3.8, 4) is 5.88 Å². The van der Waals surface area contributed by atoms with Crippen LogP contribution >= 0.6 is 0 Å². The van der Waals surface area contributed by atoms with Gasteiger partial charge < -0.3 is 10.1 Å². The molecule has 0 aliphatic heterocycles. The molecule has 0 radical (unpaired) electrons. The Morgan fingerprint density at radius 3 is 2.42 bits per heavy atom. The topological polar surface area (TPSA) is 97.4 Å². The zero-order valence-corrected chi connectivity index (χ0v) is 18.6. The Labute approximate surface area is 192 Å². The van der Waals surface area contributed by atoms with E-state index in [1.54, 1.807) is 12.3 Å². The molecule has 0 unspecified atom stereocenters. The standard InChI is InChI=1S/C24H24FN3O4S/c25-19-9-13-22(14-10-19)33(30,31)28-20-11-7-17(8-12-20)23(29)27-16-18-4-3-15-26-24(18)32-21-5-1-2-6-21/h3-4,7-15,21,28H,1-2,5-6,16H2,(H,27,29). The lowest BCUT2D eigenvalue weighted by Gasteiger charge is -2.15. The second kappa shape index (κ2) is 9.99. The molecule has 33 heavy (non-hydrogen) atoms. The van der Waals surface area contributed by atoms with Gasteiger partial charge >= 0.3 is 0 Å². The van der Waals surface area contributed by atoms with Crippen LogP contribution < -0.4 is 14.8 Å². The SMILES string of the molecule is O=C(NCc1cccnc1OC1CCCC1)c1ccc(NS(=O)(=O)c2ccc(F)cc2)cc1. The van der Waals surface area contributed by atoms with Crippen molar-refractivity contribution in [2.24, 2.45) is 0 Å². The van der Waals surface area contributed by atoms with Gasteiger partial charge in [-0.2, -0.15) is 0 Å². The lowest BCUT2D eigenvalue weighted by atomic mass is 10.2. The van der Waals surface area contributed by atoms with Crippen LogP contribution in [0.5, 0.6) is 5.88 Å². The molecule has 0 spiro atoms. The molecule has 2 aromatic carbocycles. The highest BCUT2D eigenvalue weighted by Gasteiger charge is 2.19. The molecule has 9 heteroatoms. The first-order valence-electron chi connectivity index (χ1n) is 10.7. The second-order valence-corrected chi connectivity index (χ2v) is 9.49. The summed E-state index contributed by atoms with van der Waals surface area (Å²) in [5.74, 6) is -0.290. The number of aromatic nitrogens is 1. The summed E-state index contributed by atoms with van der Waals surface area (Å²) in [6, 6.07) is 14.2. The number of pyridine rings is 1. The Bertz CT molecular complexity index is 1210. The molecule has 3 aromatic rings. The van der Waals surface area contributed by atoms with Crippen molar-refractivity contribution in [2.45, 2.75) is 43.2 Å². The number of hydrogen-bond donors (Lipinski definition) is 2. The van der Waals surface area contributed by atoms with Crippen LogP contribution in [0.4, 0.5) is 10.1 Å². The number of carbonyl (C=O) groups excluding carboxylic acids is 1. The third kappa shape index (κ3) is 5.87. The normalized spacial score (nSPS) is 14.1. The fourth-order valence-electron chi connectivity index (χ4n) is 3.62. The highest BCUT2D eigenvalue weighted by atomic mass is 32.2. The van der Waals surface area contributed by atoms with Crippen LogP contribution in [0.15, 0.2) is 71.8 Å². The van der Waals surface area contributed by atoms with Gasteiger partial charge in [0.1, 0.15) is 11.9 Å².